The van der Waals surface area contributed by atoms with Crippen LogP contribution in [-0.2, 0) is 0 Å². The van der Waals surface area contributed by atoms with Gasteiger partial charge in [-0.2, -0.15) is 0 Å². The van der Waals surface area contributed by atoms with Gasteiger partial charge in [0.15, 0.2) is 11.5 Å². The molecule has 0 saturated carbocycles. The fourth-order valence-corrected chi connectivity index (χ4v) is 1.53. The summed E-state index contributed by atoms with van der Waals surface area (Å²) in [5.41, 5.74) is 0. The molecule has 0 amide bonds. The molecule has 0 heterocycles. The van der Waals surface area contributed by atoms with E-state index in [1.54, 1.807) is 0 Å². The number of para-hydroxylation sites is 2. The summed E-state index contributed by atoms with van der Waals surface area (Å²) in [6.45, 7) is 7.62. The van der Waals surface area contributed by atoms with Crippen molar-refractivity contribution in [3.05, 3.63) is 24.3 Å². The standard InChI is InChI=1S/C14H23NO2/c1-3-10-15-11-7-12-17-14-9-6-5-8-13(14)16-4-2/h5-6,8-9,15H,3-4,7,10-12H2,1-2H3. The van der Waals surface area contributed by atoms with Gasteiger partial charge in [0.25, 0.3) is 0 Å². The van der Waals surface area contributed by atoms with Gasteiger partial charge in [-0.15, -0.1) is 0 Å². The SMILES string of the molecule is CCCNCCCOc1ccccc1OCC. The summed E-state index contributed by atoms with van der Waals surface area (Å²) >= 11 is 0. The maximum Gasteiger partial charge on any atom is 0.161 e. The average Bonchev–Trinajstić information content (AvgIpc) is 2.36. The van der Waals surface area contributed by atoms with Crippen molar-refractivity contribution < 1.29 is 9.47 Å². The molecular formula is C14H23NO2. The minimum Gasteiger partial charge on any atom is -0.490 e. The third-order valence-corrected chi connectivity index (χ3v) is 2.33. The molecular weight excluding hydrogens is 214 g/mol. The highest BCUT2D eigenvalue weighted by atomic mass is 16.5. The fourth-order valence-electron chi connectivity index (χ4n) is 1.53. The van der Waals surface area contributed by atoms with Crippen LogP contribution in [-0.4, -0.2) is 26.3 Å². The molecule has 0 atom stereocenters. The summed E-state index contributed by atoms with van der Waals surface area (Å²) in [7, 11) is 0. The molecule has 1 N–H and O–H groups in total. The molecule has 17 heavy (non-hydrogen) atoms. The van der Waals surface area contributed by atoms with Gasteiger partial charge in [-0.1, -0.05) is 19.1 Å². The molecule has 3 nitrogen and oxygen atoms in total. The van der Waals surface area contributed by atoms with E-state index in [1.165, 1.54) is 6.42 Å². The summed E-state index contributed by atoms with van der Waals surface area (Å²) < 4.78 is 11.2. The lowest BCUT2D eigenvalue weighted by Gasteiger charge is -2.11. The first kappa shape index (κ1) is 13.8. The molecule has 0 aliphatic carbocycles. The second kappa shape index (κ2) is 8.88. The zero-order chi connectivity index (χ0) is 12.3. The molecule has 0 radical (unpaired) electrons. The van der Waals surface area contributed by atoms with E-state index >= 15 is 0 Å². The van der Waals surface area contributed by atoms with E-state index in [2.05, 4.69) is 12.2 Å². The molecule has 1 aromatic carbocycles. The van der Waals surface area contributed by atoms with Crippen molar-refractivity contribution in [2.75, 3.05) is 26.3 Å². The molecule has 96 valence electrons. The van der Waals surface area contributed by atoms with Gasteiger partial charge in [-0.3, -0.25) is 0 Å². The fraction of sp³-hybridized carbons (Fsp3) is 0.571. The van der Waals surface area contributed by atoms with E-state index in [4.69, 9.17) is 9.47 Å². The van der Waals surface area contributed by atoms with Crippen LogP contribution in [0.5, 0.6) is 11.5 Å². The predicted octanol–water partition coefficient (Wildman–Crippen LogP) is 2.85. The van der Waals surface area contributed by atoms with Gasteiger partial charge in [0.2, 0.25) is 0 Å². The van der Waals surface area contributed by atoms with Gasteiger partial charge >= 0.3 is 0 Å². The Morgan fingerprint density at radius 1 is 1.00 bits per heavy atom. The van der Waals surface area contributed by atoms with Crippen LogP contribution in [0.3, 0.4) is 0 Å². The van der Waals surface area contributed by atoms with Gasteiger partial charge in [0.1, 0.15) is 0 Å². The molecule has 0 saturated heterocycles. The van der Waals surface area contributed by atoms with E-state index in [0.717, 1.165) is 37.6 Å². The minimum atomic E-state index is 0.665. The number of nitrogens with one attached hydrogen (secondary N) is 1. The normalized spacial score (nSPS) is 10.2. The van der Waals surface area contributed by atoms with Crippen LogP contribution in [0.1, 0.15) is 26.7 Å². The second-order valence-electron chi connectivity index (χ2n) is 3.83. The first-order valence-electron chi connectivity index (χ1n) is 6.43. The topological polar surface area (TPSA) is 30.5 Å². The number of hydrogen-bond donors (Lipinski definition) is 1. The zero-order valence-corrected chi connectivity index (χ0v) is 10.9. The van der Waals surface area contributed by atoms with Crippen LogP contribution < -0.4 is 14.8 Å². The Bertz CT molecular complexity index is 302. The minimum absolute atomic E-state index is 0.665. The Morgan fingerprint density at radius 2 is 1.71 bits per heavy atom. The van der Waals surface area contributed by atoms with Crippen molar-refractivity contribution in [2.45, 2.75) is 26.7 Å². The molecule has 1 aromatic rings. The summed E-state index contributed by atoms with van der Waals surface area (Å²) in [6, 6.07) is 7.81. The van der Waals surface area contributed by atoms with Crippen molar-refractivity contribution in [3.8, 4) is 11.5 Å². The van der Waals surface area contributed by atoms with Crippen LogP contribution in [0.2, 0.25) is 0 Å². The van der Waals surface area contributed by atoms with Crippen LogP contribution in [0.25, 0.3) is 0 Å². The molecule has 0 bridgehead atoms. The van der Waals surface area contributed by atoms with E-state index in [9.17, 15) is 0 Å². The third-order valence-electron chi connectivity index (χ3n) is 2.33. The average molecular weight is 237 g/mol. The lowest BCUT2D eigenvalue weighted by atomic mass is 10.3. The van der Waals surface area contributed by atoms with E-state index in [-0.39, 0.29) is 0 Å². The lowest BCUT2D eigenvalue weighted by Crippen LogP contribution is -2.18. The Hall–Kier alpha value is -1.22. The summed E-state index contributed by atoms with van der Waals surface area (Å²) in [6.07, 6.45) is 2.19. The Balaban J connectivity index is 2.25. The molecule has 0 unspecified atom stereocenters. The van der Waals surface area contributed by atoms with Crippen LogP contribution in [0, 0.1) is 0 Å². The van der Waals surface area contributed by atoms with Gasteiger partial charge < -0.3 is 14.8 Å². The van der Waals surface area contributed by atoms with Gasteiger partial charge in [0.05, 0.1) is 13.2 Å². The van der Waals surface area contributed by atoms with Gasteiger partial charge in [-0.25, -0.2) is 0 Å². The number of benzene rings is 1. The van der Waals surface area contributed by atoms with E-state index in [1.807, 2.05) is 31.2 Å². The smallest absolute Gasteiger partial charge is 0.161 e. The molecule has 0 fully saturated rings. The first-order valence-corrected chi connectivity index (χ1v) is 6.43. The molecule has 0 spiro atoms. The molecule has 0 aliphatic rings. The highest BCUT2D eigenvalue weighted by molar-refractivity contribution is 5.39. The largest absolute Gasteiger partial charge is 0.490 e. The number of hydrogen-bond acceptors (Lipinski definition) is 3. The van der Waals surface area contributed by atoms with E-state index in [0.29, 0.717) is 6.61 Å². The van der Waals surface area contributed by atoms with Crippen LogP contribution in [0.15, 0.2) is 24.3 Å². The highest BCUT2D eigenvalue weighted by Crippen LogP contribution is 2.26. The Morgan fingerprint density at radius 3 is 2.35 bits per heavy atom. The first-order chi connectivity index (χ1) is 8.38. The van der Waals surface area contributed by atoms with Crippen LogP contribution in [0.4, 0.5) is 0 Å². The lowest BCUT2D eigenvalue weighted by molar-refractivity contribution is 0.272. The van der Waals surface area contributed by atoms with Crippen molar-refractivity contribution in [1.82, 2.24) is 5.32 Å². The second-order valence-corrected chi connectivity index (χ2v) is 3.83. The quantitative estimate of drug-likeness (QED) is 0.670. The van der Waals surface area contributed by atoms with Crippen molar-refractivity contribution in [1.29, 1.82) is 0 Å². The van der Waals surface area contributed by atoms with Crippen molar-refractivity contribution in [2.24, 2.45) is 0 Å². The van der Waals surface area contributed by atoms with Crippen LogP contribution >= 0.6 is 0 Å². The molecule has 0 aromatic heterocycles. The van der Waals surface area contributed by atoms with Gasteiger partial charge in [0, 0.05) is 0 Å². The van der Waals surface area contributed by atoms with E-state index < -0.39 is 0 Å². The van der Waals surface area contributed by atoms with Crippen molar-refractivity contribution in [3.63, 3.8) is 0 Å². The Labute approximate surface area is 104 Å². The molecule has 3 heteroatoms. The van der Waals surface area contributed by atoms with Crippen molar-refractivity contribution >= 4 is 0 Å². The maximum absolute atomic E-state index is 5.70. The zero-order valence-electron chi connectivity index (χ0n) is 10.9. The third kappa shape index (κ3) is 5.59. The Kier molecular flexibility index (Phi) is 7.23. The van der Waals surface area contributed by atoms with Gasteiger partial charge in [-0.05, 0) is 45.0 Å². The number of ether oxygens (including phenoxy) is 2. The molecule has 0 aliphatic heterocycles. The summed E-state index contributed by atoms with van der Waals surface area (Å²) in [4.78, 5) is 0. The summed E-state index contributed by atoms with van der Waals surface area (Å²) in [5.74, 6) is 1.67. The molecule has 1 rings (SSSR count). The predicted molar refractivity (Wildman–Crippen MR) is 70.9 cm³/mol. The highest BCUT2D eigenvalue weighted by Gasteiger charge is 2.02. The summed E-state index contributed by atoms with van der Waals surface area (Å²) in [5, 5.41) is 3.35. The maximum atomic E-state index is 5.70. The monoisotopic (exact) mass is 237 g/mol. The number of rotatable bonds is 9.